The molecule has 1 aliphatic rings. The summed E-state index contributed by atoms with van der Waals surface area (Å²) < 4.78 is 0. The lowest BCUT2D eigenvalue weighted by Crippen LogP contribution is -2.46. The molecule has 0 aromatic heterocycles. The maximum Gasteiger partial charge on any atom is 0.253 e. The Labute approximate surface area is 105 Å². The first kappa shape index (κ1) is 15.9. The van der Waals surface area contributed by atoms with E-state index in [1.165, 1.54) is 0 Å². The van der Waals surface area contributed by atoms with Crippen LogP contribution in [0.5, 0.6) is 0 Å². The van der Waals surface area contributed by atoms with Gasteiger partial charge in [-0.3, -0.25) is 4.79 Å². The molecule has 1 rings (SSSR count). The molecular weight excluding hydrogens is 212 g/mol. The molecule has 98 valence electrons. The maximum atomic E-state index is 12.0. The molecule has 3 nitrogen and oxygen atoms in total. The van der Waals surface area contributed by atoms with Gasteiger partial charge in [-0.05, 0) is 26.7 Å². The summed E-state index contributed by atoms with van der Waals surface area (Å²) in [5.74, 6) is 0.103. The summed E-state index contributed by atoms with van der Waals surface area (Å²) in [6.45, 7) is 9.32. The van der Waals surface area contributed by atoms with Crippen LogP contribution in [-0.4, -0.2) is 29.9 Å². The summed E-state index contributed by atoms with van der Waals surface area (Å²) in [6.07, 6.45) is 7.63. The average Bonchev–Trinajstić information content (AvgIpc) is 2.37. The van der Waals surface area contributed by atoms with Gasteiger partial charge in [-0.2, -0.15) is 0 Å². The van der Waals surface area contributed by atoms with E-state index in [2.05, 4.69) is 0 Å². The highest BCUT2D eigenvalue weighted by Crippen LogP contribution is 2.12. The van der Waals surface area contributed by atoms with Crippen molar-refractivity contribution in [2.75, 3.05) is 13.1 Å². The number of likely N-dealkylation sites (tertiary alicyclic amines) is 1. The van der Waals surface area contributed by atoms with Gasteiger partial charge in [0.05, 0.1) is 0 Å². The molecule has 0 radical (unpaired) electrons. The number of nitrogens with two attached hydrogens (primary N) is 1. The largest absolute Gasteiger partial charge is 0.337 e. The number of rotatable bonds is 2. The first-order valence-corrected chi connectivity index (χ1v) is 6.53. The number of allylic oxidation sites excluding steroid dienone is 2. The first-order chi connectivity index (χ1) is 8.19. The van der Waals surface area contributed by atoms with E-state index < -0.39 is 0 Å². The topological polar surface area (TPSA) is 46.3 Å². The van der Waals surface area contributed by atoms with Crippen molar-refractivity contribution >= 4 is 5.91 Å². The van der Waals surface area contributed by atoms with E-state index in [9.17, 15) is 4.79 Å². The highest BCUT2D eigenvalue weighted by Gasteiger charge is 2.22. The van der Waals surface area contributed by atoms with E-state index in [0.29, 0.717) is 6.54 Å². The van der Waals surface area contributed by atoms with Crippen molar-refractivity contribution in [3.05, 3.63) is 23.8 Å². The number of piperidine rings is 1. The van der Waals surface area contributed by atoms with Crippen molar-refractivity contribution in [1.29, 1.82) is 0 Å². The number of nitrogens with zero attached hydrogens (tertiary/aromatic N) is 1. The molecule has 0 saturated carbocycles. The van der Waals surface area contributed by atoms with Gasteiger partial charge >= 0.3 is 0 Å². The molecule has 0 aromatic rings. The Hall–Kier alpha value is -1.09. The van der Waals surface area contributed by atoms with Crippen LogP contribution in [0.2, 0.25) is 0 Å². The van der Waals surface area contributed by atoms with Crippen LogP contribution >= 0.6 is 0 Å². The molecule has 1 aliphatic heterocycles. The molecular formula is C14H26N2O. The Bertz CT molecular complexity index is 282. The Morgan fingerprint density at radius 2 is 2.00 bits per heavy atom. The minimum atomic E-state index is 0.103. The zero-order valence-electron chi connectivity index (χ0n) is 11.6. The van der Waals surface area contributed by atoms with Gasteiger partial charge in [0.25, 0.3) is 5.91 Å². The van der Waals surface area contributed by atoms with Crippen LogP contribution in [0.3, 0.4) is 0 Å². The fraction of sp³-hybridized carbons (Fsp3) is 0.643. The van der Waals surface area contributed by atoms with Crippen molar-refractivity contribution in [3.63, 3.8) is 0 Å². The van der Waals surface area contributed by atoms with Crippen LogP contribution in [0, 0.1) is 0 Å². The molecule has 1 unspecified atom stereocenters. The summed E-state index contributed by atoms with van der Waals surface area (Å²) in [6, 6.07) is 0.145. The zero-order valence-corrected chi connectivity index (χ0v) is 11.6. The van der Waals surface area contributed by atoms with Crippen LogP contribution in [0.1, 0.15) is 40.5 Å². The highest BCUT2D eigenvalue weighted by atomic mass is 16.2. The average molecular weight is 238 g/mol. The monoisotopic (exact) mass is 238 g/mol. The Kier molecular flexibility index (Phi) is 8.42. The summed E-state index contributed by atoms with van der Waals surface area (Å²) in [4.78, 5) is 13.9. The lowest BCUT2D eigenvalue weighted by Gasteiger charge is -2.31. The van der Waals surface area contributed by atoms with E-state index in [0.717, 1.165) is 25.0 Å². The number of hydrogen-bond acceptors (Lipinski definition) is 2. The second kappa shape index (κ2) is 8.99. The molecule has 3 heteroatoms. The van der Waals surface area contributed by atoms with Gasteiger partial charge in [0, 0.05) is 24.7 Å². The molecule has 1 saturated heterocycles. The summed E-state index contributed by atoms with van der Waals surface area (Å²) in [5, 5.41) is 0. The third-order valence-corrected chi connectivity index (χ3v) is 2.65. The van der Waals surface area contributed by atoms with Gasteiger partial charge in [0.2, 0.25) is 0 Å². The highest BCUT2D eigenvalue weighted by molar-refractivity contribution is 5.96. The number of carbonyl (C=O) groups is 1. The number of hydrogen-bond donors (Lipinski definition) is 1. The van der Waals surface area contributed by atoms with Gasteiger partial charge in [0.15, 0.2) is 0 Å². The van der Waals surface area contributed by atoms with E-state index in [4.69, 9.17) is 5.73 Å². The van der Waals surface area contributed by atoms with Gasteiger partial charge in [-0.1, -0.05) is 32.1 Å². The summed E-state index contributed by atoms with van der Waals surface area (Å²) >= 11 is 0. The lowest BCUT2D eigenvalue weighted by molar-refractivity contribution is -0.127. The summed E-state index contributed by atoms with van der Waals surface area (Å²) in [5.41, 5.74) is 6.60. The minimum absolute atomic E-state index is 0.103. The normalized spacial score (nSPS) is 21.1. The number of carbonyl (C=O) groups excluding carboxylic acids is 1. The maximum absolute atomic E-state index is 12.0. The molecule has 0 aromatic carbocycles. The molecule has 1 heterocycles. The van der Waals surface area contributed by atoms with Crippen LogP contribution in [0.25, 0.3) is 0 Å². The molecule has 17 heavy (non-hydrogen) atoms. The molecule has 0 bridgehead atoms. The molecule has 1 amide bonds. The molecule has 2 N–H and O–H groups in total. The zero-order chi connectivity index (χ0) is 13.3. The fourth-order valence-corrected chi connectivity index (χ4v) is 1.85. The van der Waals surface area contributed by atoms with Crippen LogP contribution in [-0.2, 0) is 4.79 Å². The van der Waals surface area contributed by atoms with E-state index in [1.54, 1.807) is 0 Å². The van der Waals surface area contributed by atoms with Gasteiger partial charge in [0.1, 0.15) is 0 Å². The van der Waals surface area contributed by atoms with Gasteiger partial charge in [-0.15, -0.1) is 0 Å². The van der Waals surface area contributed by atoms with E-state index in [-0.39, 0.29) is 11.9 Å². The third kappa shape index (κ3) is 5.18. The Morgan fingerprint density at radius 3 is 2.47 bits per heavy atom. The standard InChI is InChI=1S/C12H20N2O.C2H6/c1-3-6-10(4-2)12(15)14-8-5-7-11(13)9-14;1-2/h3-4,6,11H,5,7-9,13H2,1-2H3;1-2H3/b6-3-,10-4+;. The van der Waals surface area contributed by atoms with Gasteiger partial charge < -0.3 is 10.6 Å². The Morgan fingerprint density at radius 1 is 1.35 bits per heavy atom. The van der Waals surface area contributed by atoms with Crippen LogP contribution < -0.4 is 5.73 Å². The molecule has 0 spiro atoms. The summed E-state index contributed by atoms with van der Waals surface area (Å²) in [7, 11) is 0. The third-order valence-electron chi connectivity index (χ3n) is 2.65. The van der Waals surface area contributed by atoms with E-state index >= 15 is 0 Å². The van der Waals surface area contributed by atoms with Crippen molar-refractivity contribution in [2.45, 2.75) is 46.6 Å². The van der Waals surface area contributed by atoms with Crippen molar-refractivity contribution in [1.82, 2.24) is 4.90 Å². The number of amides is 1. The van der Waals surface area contributed by atoms with Crippen LogP contribution in [0.15, 0.2) is 23.8 Å². The molecule has 1 atom stereocenters. The van der Waals surface area contributed by atoms with Crippen molar-refractivity contribution in [3.8, 4) is 0 Å². The van der Waals surface area contributed by atoms with Crippen molar-refractivity contribution < 1.29 is 4.79 Å². The molecule has 1 fully saturated rings. The minimum Gasteiger partial charge on any atom is -0.337 e. The second-order valence-corrected chi connectivity index (χ2v) is 3.90. The van der Waals surface area contributed by atoms with Crippen molar-refractivity contribution in [2.24, 2.45) is 5.73 Å². The van der Waals surface area contributed by atoms with Crippen LogP contribution in [0.4, 0.5) is 0 Å². The quantitative estimate of drug-likeness (QED) is 0.593. The predicted octanol–water partition coefficient (Wildman–Crippen LogP) is 2.48. The van der Waals surface area contributed by atoms with Gasteiger partial charge in [-0.25, -0.2) is 0 Å². The van der Waals surface area contributed by atoms with E-state index in [1.807, 2.05) is 50.8 Å². The first-order valence-electron chi connectivity index (χ1n) is 6.53. The smallest absolute Gasteiger partial charge is 0.253 e. The predicted molar refractivity (Wildman–Crippen MR) is 73.7 cm³/mol. The fourth-order valence-electron chi connectivity index (χ4n) is 1.85. The SMILES string of the molecule is C/C=C\C(=C/C)C(=O)N1CCCC(N)C1.CC. The Balaban J connectivity index is 0.00000121. The lowest BCUT2D eigenvalue weighted by atomic mass is 10.1. The molecule has 0 aliphatic carbocycles. The second-order valence-electron chi connectivity index (χ2n) is 3.90.